The zero-order valence-corrected chi connectivity index (χ0v) is 12.2. The molecule has 0 atom stereocenters. The smallest absolute Gasteiger partial charge is 0.311 e. The van der Waals surface area contributed by atoms with Crippen LogP contribution < -0.4 is 4.74 Å². The molecule has 0 saturated carbocycles. The minimum atomic E-state index is -0.225. The van der Waals surface area contributed by atoms with Crippen molar-refractivity contribution < 1.29 is 13.9 Å². The molecule has 5 heteroatoms. The van der Waals surface area contributed by atoms with Gasteiger partial charge in [-0.05, 0) is 37.6 Å². The van der Waals surface area contributed by atoms with E-state index in [0.717, 1.165) is 17.7 Å². The second-order valence-electron chi connectivity index (χ2n) is 4.40. The predicted octanol–water partition coefficient (Wildman–Crippen LogP) is 4.09. The predicted molar refractivity (Wildman–Crippen MR) is 76.8 cm³/mol. The maximum atomic E-state index is 11.4. The highest BCUT2D eigenvalue weighted by Crippen LogP contribution is 2.24. The van der Waals surface area contributed by atoms with Crippen molar-refractivity contribution in [3.63, 3.8) is 0 Å². The van der Waals surface area contributed by atoms with Crippen molar-refractivity contribution in [3.05, 3.63) is 35.7 Å². The first-order valence-electron chi connectivity index (χ1n) is 6.47. The molecule has 0 N–H and O–H groups in total. The van der Waals surface area contributed by atoms with Crippen molar-refractivity contribution in [1.29, 1.82) is 0 Å². The third kappa shape index (κ3) is 3.39. The Labute approximate surface area is 122 Å². The third-order valence-corrected chi connectivity index (χ3v) is 3.06. The van der Waals surface area contributed by atoms with Crippen LogP contribution in [0.15, 0.2) is 28.7 Å². The van der Waals surface area contributed by atoms with Gasteiger partial charge in [-0.2, -0.15) is 0 Å². The zero-order chi connectivity index (χ0) is 14.5. The number of benzene rings is 1. The van der Waals surface area contributed by atoms with E-state index in [2.05, 4.69) is 4.98 Å². The van der Waals surface area contributed by atoms with E-state index in [1.54, 1.807) is 24.3 Å². The van der Waals surface area contributed by atoms with E-state index >= 15 is 0 Å². The summed E-state index contributed by atoms with van der Waals surface area (Å²) in [6, 6.07) is 7.06. The van der Waals surface area contributed by atoms with Gasteiger partial charge in [-0.15, -0.1) is 11.6 Å². The fourth-order valence-corrected chi connectivity index (χ4v) is 1.98. The van der Waals surface area contributed by atoms with Crippen LogP contribution in [0.2, 0.25) is 0 Å². The lowest BCUT2D eigenvalue weighted by Gasteiger charge is -2.03. The van der Waals surface area contributed by atoms with Gasteiger partial charge in [0.2, 0.25) is 5.89 Å². The van der Waals surface area contributed by atoms with Gasteiger partial charge in [0.1, 0.15) is 11.5 Å². The number of ether oxygens (including phenoxy) is 1. The number of hydrogen-bond donors (Lipinski definition) is 0. The van der Waals surface area contributed by atoms with Crippen LogP contribution >= 0.6 is 11.6 Å². The van der Waals surface area contributed by atoms with E-state index in [4.69, 9.17) is 20.8 Å². The third-order valence-electron chi connectivity index (χ3n) is 2.81. The van der Waals surface area contributed by atoms with Crippen molar-refractivity contribution in [2.24, 2.45) is 0 Å². The fourth-order valence-electron chi connectivity index (χ4n) is 1.73. The van der Waals surface area contributed by atoms with Gasteiger partial charge in [-0.3, -0.25) is 4.79 Å². The number of carbonyl (C=O) groups is 1. The molecule has 1 aromatic carbocycles. The first-order chi connectivity index (χ1) is 9.63. The molecule has 20 heavy (non-hydrogen) atoms. The molecule has 0 aliphatic heterocycles. The number of nitrogens with zero attached hydrogens (tertiary/aromatic N) is 1. The lowest BCUT2D eigenvalue weighted by molar-refractivity contribution is -0.134. The second-order valence-corrected chi connectivity index (χ2v) is 4.67. The summed E-state index contributed by atoms with van der Waals surface area (Å²) in [5, 5.41) is 0. The lowest BCUT2D eigenvalue weighted by atomic mass is 10.2. The normalized spacial score (nSPS) is 10.6. The van der Waals surface area contributed by atoms with Gasteiger partial charge in [0, 0.05) is 12.0 Å². The largest absolute Gasteiger partial charge is 0.441 e. The van der Waals surface area contributed by atoms with Crippen molar-refractivity contribution in [3.8, 4) is 17.2 Å². The summed E-state index contributed by atoms with van der Waals surface area (Å²) < 4.78 is 10.7. The van der Waals surface area contributed by atoms with Gasteiger partial charge in [0.25, 0.3) is 0 Å². The van der Waals surface area contributed by atoms with E-state index in [9.17, 15) is 4.79 Å². The van der Waals surface area contributed by atoms with E-state index in [1.165, 1.54) is 0 Å². The number of hydrogen-bond acceptors (Lipinski definition) is 4. The molecule has 106 valence electrons. The first-order valence-corrected chi connectivity index (χ1v) is 7.01. The molecule has 0 radical (unpaired) electrons. The summed E-state index contributed by atoms with van der Waals surface area (Å²) in [7, 11) is 0. The molecule has 0 bridgehead atoms. The van der Waals surface area contributed by atoms with Gasteiger partial charge in [-0.25, -0.2) is 4.98 Å². The molecule has 0 saturated heterocycles. The van der Waals surface area contributed by atoms with E-state index < -0.39 is 0 Å². The molecule has 1 aromatic heterocycles. The van der Waals surface area contributed by atoms with Gasteiger partial charge in [0.15, 0.2) is 0 Å². The van der Waals surface area contributed by atoms with Gasteiger partial charge in [0.05, 0.1) is 11.6 Å². The number of alkyl halides is 1. The highest BCUT2D eigenvalue weighted by atomic mass is 35.5. The van der Waals surface area contributed by atoms with Gasteiger partial charge in [-0.1, -0.05) is 6.92 Å². The highest BCUT2D eigenvalue weighted by molar-refractivity contribution is 6.16. The average molecular weight is 294 g/mol. The van der Waals surface area contributed by atoms with Crippen molar-refractivity contribution >= 4 is 17.6 Å². The maximum Gasteiger partial charge on any atom is 0.311 e. The summed E-state index contributed by atoms with van der Waals surface area (Å²) in [4.78, 5) is 15.7. The molecular weight excluding hydrogens is 278 g/mol. The number of aromatic nitrogens is 1. The number of rotatable bonds is 5. The second kappa shape index (κ2) is 6.57. The Balaban J connectivity index is 2.13. The molecule has 1 heterocycles. The molecule has 4 nitrogen and oxygen atoms in total. The molecular formula is C15H16ClNO3. The summed E-state index contributed by atoms with van der Waals surface area (Å²) in [5.41, 5.74) is 1.56. The van der Waals surface area contributed by atoms with Crippen LogP contribution in [0.3, 0.4) is 0 Å². The Hall–Kier alpha value is -1.81. The first kappa shape index (κ1) is 14.6. The quantitative estimate of drug-likeness (QED) is 0.473. The van der Waals surface area contributed by atoms with Gasteiger partial charge < -0.3 is 9.15 Å². The topological polar surface area (TPSA) is 52.3 Å². The molecule has 2 aromatic rings. The molecule has 0 spiro atoms. The highest BCUT2D eigenvalue weighted by Gasteiger charge is 2.11. The van der Waals surface area contributed by atoms with E-state index in [-0.39, 0.29) is 5.97 Å². The van der Waals surface area contributed by atoms with Crippen LogP contribution in [0.1, 0.15) is 31.2 Å². The van der Waals surface area contributed by atoms with Crippen LogP contribution in [0.4, 0.5) is 0 Å². The van der Waals surface area contributed by atoms with Crippen LogP contribution in [-0.2, 0) is 10.7 Å². The van der Waals surface area contributed by atoms with Crippen molar-refractivity contribution in [2.75, 3.05) is 0 Å². The van der Waals surface area contributed by atoms with E-state index in [0.29, 0.717) is 29.7 Å². The standard InChI is InChI=1S/C15H16ClNO3/c1-3-4-14(18)20-12-7-5-11(6-8-12)15-17-13(9-16)10(2)19-15/h5-8H,3-4,9H2,1-2H3. The van der Waals surface area contributed by atoms with Crippen molar-refractivity contribution in [1.82, 2.24) is 4.98 Å². The lowest BCUT2D eigenvalue weighted by Crippen LogP contribution is -2.06. The zero-order valence-electron chi connectivity index (χ0n) is 11.5. The summed E-state index contributed by atoms with van der Waals surface area (Å²) >= 11 is 5.77. The van der Waals surface area contributed by atoms with Crippen LogP contribution in [0, 0.1) is 6.92 Å². The Morgan fingerprint density at radius 2 is 2.05 bits per heavy atom. The molecule has 0 unspecified atom stereocenters. The van der Waals surface area contributed by atoms with Crippen LogP contribution in [0.25, 0.3) is 11.5 Å². The van der Waals surface area contributed by atoms with Crippen molar-refractivity contribution in [2.45, 2.75) is 32.6 Å². The minimum Gasteiger partial charge on any atom is -0.441 e. The Morgan fingerprint density at radius 1 is 1.35 bits per heavy atom. The Kier molecular flexibility index (Phi) is 4.79. The molecule has 2 rings (SSSR count). The summed E-state index contributed by atoms with van der Waals surface area (Å²) in [6.07, 6.45) is 1.19. The molecule has 0 aliphatic rings. The monoisotopic (exact) mass is 293 g/mol. The Bertz CT molecular complexity index is 590. The minimum absolute atomic E-state index is 0.225. The number of halogens is 1. The summed E-state index contributed by atoms with van der Waals surface area (Å²) in [5.74, 6) is 1.85. The summed E-state index contributed by atoms with van der Waals surface area (Å²) in [6.45, 7) is 3.76. The molecule has 0 aliphatic carbocycles. The SMILES string of the molecule is CCCC(=O)Oc1ccc(-c2nc(CCl)c(C)o2)cc1. The van der Waals surface area contributed by atoms with Crippen LogP contribution in [0.5, 0.6) is 5.75 Å². The van der Waals surface area contributed by atoms with Crippen LogP contribution in [-0.4, -0.2) is 11.0 Å². The Morgan fingerprint density at radius 3 is 2.60 bits per heavy atom. The molecule has 0 fully saturated rings. The maximum absolute atomic E-state index is 11.4. The number of esters is 1. The van der Waals surface area contributed by atoms with Gasteiger partial charge >= 0.3 is 5.97 Å². The average Bonchev–Trinajstić information content (AvgIpc) is 2.81. The van der Waals surface area contributed by atoms with E-state index in [1.807, 2.05) is 13.8 Å². The fraction of sp³-hybridized carbons (Fsp3) is 0.333. The number of oxazole rings is 1. The number of aryl methyl sites for hydroxylation is 1. The number of carbonyl (C=O) groups excluding carboxylic acids is 1. The molecule has 0 amide bonds.